The van der Waals surface area contributed by atoms with Gasteiger partial charge in [0.15, 0.2) is 0 Å². The lowest BCUT2D eigenvalue weighted by molar-refractivity contribution is 0.0280. The Morgan fingerprint density at radius 1 is 1.14 bits per heavy atom. The average molecular weight is 310 g/mol. The minimum absolute atomic E-state index is 0.192. The van der Waals surface area contributed by atoms with Crippen LogP contribution in [0.5, 0.6) is 0 Å². The zero-order valence-corrected chi connectivity index (χ0v) is 13.1. The summed E-state index contributed by atoms with van der Waals surface area (Å²) in [6.07, 6.45) is 4.31. The lowest BCUT2D eigenvalue weighted by Crippen LogP contribution is -2.33. The zero-order chi connectivity index (χ0) is 14.8. The molecule has 3 heterocycles. The minimum Gasteiger partial charge on any atom is -0.371 e. The van der Waals surface area contributed by atoms with Gasteiger partial charge >= 0.3 is 0 Å². The van der Waals surface area contributed by atoms with Gasteiger partial charge in [-0.2, -0.15) is 0 Å². The number of hydrogen-bond donors (Lipinski definition) is 1. The second-order valence-electron chi connectivity index (χ2n) is 5.45. The molecule has 0 saturated carbocycles. The smallest absolute Gasteiger partial charge is 0.0958 e. The van der Waals surface area contributed by atoms with E-state index in [1.54, 1.807) is 11.3 Å². The Morgan fingerprint density at radius 3 is 2.68 bits per heavy atom. The Bertz CT molecular complexity index is 725. The molecule has 1 unspecified atom stereocenters. The quantitative estimate of drug-likeness (QED) is 0.795. The Morgan fingerprint density at radius 2 is 1.95 bits per heavy atom. The van der Waals surface area contributed by atoms with Crippen molar-refractivity contribution < 1.29 is 4.74 Å². The number of nitrogens with one attached hydrogen (secondary N) is 1. The number of rotatable bonds is 3. The standard InChI is InChI=1S/C18H18N2OS/c1-2-9-20(8-1)16-5-3-14(4-6-16)18-11-15(13-22-18)17-12-19-7-10-21-17/h1-6,8-9,11,13,17,19H,7,10,12H2. The molecule has 22 heavy (non-hydrogen) atoms. The molecule has 3 nitrogen and oxygen atoms in total. The monoisotopic (exact) mass is 310 g/mol. The van der Waals surface area contributed by atoms with Crippen LogP contribution in [0, 0.1) is 0 Å². The fourth-order valence-corrected chi connectivity index (χ4v) is 3.71. The fourth-order valence-electron chi connectivity index (χ4n) is 2.76. The van der Waals surface area contributed by atoms with Gasteiger partial charge in [0.2, 0.25) is 0 Å². The van der Waals surface area contributed by atoms with Gasteiger partial charge in [-0.1, -0.05) is 12.1 Å². The molecule has 4 rings (SSSR count). The second kappa shape index (κ2) is 6.08. The van der Waals surface area contributed by atoms with Gasteiger partial charge in [-0.15, -0.1) is 11.3 Å². The second-order valence-corrected chi connectivity index (χ2v) is 6.36. The molecule has 1 atom stereocenters. The first-order valence-electron chi connectivity index (χ1n) is 7.55. The van der Waals surface area contributed by atoms with Crippen LogP contribution in [-0.2, 0) is 4.74 Å². The lowest BCUT2D eigenvalue weighted by atomic mass is 10.1. The van der Waals surface area contributed by atoms with E-state index in [-0.39, 0.29) is 6.10 Å². The molecule has 0 spiro atoms. The van der Waals surface area contributed by atoms with Crippen molar-refractivity contribution in [3.63, 3.8) is 0 Å². The Hall–Kier alpha value is -1.88. The third-order valence-corrected chi connectivity index (χ3v) is 4.97. The number of nitrogens with zero attached hydrogens (tertiary/aromatic N) is 1. The Labute approximate surface area is 134 Å². The molecule has 1 saturated heterocycles. The van der Waals surface area contributed by atoms with Crippen molar-refractivity contribution in [1.82, 2.24) is 9.88 Å². The Kier molecular flexibility index (Phi) is 3.81. The van der Waals surface area contributed by atoms with E-state index in [2.05, 4.69) is 58.0 Å². The van der Waals surface area contributed by atoms with Crippen LogP contribution in [0.1, 0.15) is 11.7 Å². The summed E-state index contributed by atoms with van der Waals surface area (Å²) >= 11 is 1.79. The number of aromatic nitrogens is 1. The van der Waals surface area contributed by atoms with Crippen molar-refractivity contribution in [3.05, 3.63) is 65.8 Å². The van der Waals surface area contributed by atoms with Crippen molar-refractivity contribution >= 4 is 11.3 Å². The van der Waals surface area contributed by atoms with E-state index in [1.165, 1.54) is 21.7 Å². The van der Waals surface area contributed by atoms with E-state index >= 15 is 0 Å². The van der Waals surface area contributed by atoms with Crippen LogP contribution in [0.15, 0.2) is 60.2 Å². The molecule has 0 aliphatic carbocycles. The van der Waals surface area contributed by atoms with Gasteiger partial charge in [0.05, 0.1) is 12.7 Å². The summed E-state index contributed by atoms with van der Waals surface area (Å²) in [5.41, 5.74) is 3.72. The van der Waals surface area contributed by atoms with Crippen LogP contribution in [0.2, 0.25) is 0 Å². The van der Waals surface area contributed by atoms with Crippen molar-refractivity contribution in [2.24, 2.45) is 0 Å². The van der Waals surface area contributed by atoms with Crippen molar-refractivity contribution in [2.45, 2.75) is 6.10 Å². The molecule has 2 aromatic heterocycles. The SMILES string of the molecule is c1ccn(-c2ccc(-c3cc(C4CNCCO4)cs3)cc2)c1. The molecule has 0 radical (unpaired) electrons. The lowest BCUT2D eigenvalue weighted by Gasteiger charge is -2.22. The number of hydrogen-bond acceptors (Lipinski definition) is 3. The molecular weight excluding hydrogens is 292 g/mol. The van der Waals surface area contributed by atoms with Gasteiger partial charge in [0.1, 0.15) is 0 Å². The maximum atomic E-state index is 5.82. The average Bonchev–Trinajstić information content (AvgIpc) is 3.28. The topological polar surface area (TPSA) is 26.2 Å². The van der Waals surface area contributed by atoms with E-state index in [1.807, 2.05) is 12.1 Å². The van der Waals surface area contributed by atoms with Gasteiger partial charge < -0.3 is 14.6 Å². The van der Waals surface area contributed by atoms with Gasteiger partial charge in [-0.25, -0.2) is 0 Å². The zero-order valence-electron chi connectivity index (χ0n) is 12.2. The van der Waals surface area contributed by atoms with E-state index in [4.69, 9.17) is 4.74 Å². The first kappa shape index (κ1) is 13.8. The van der Waals surface area contributed by atoms with Gasteiger partial charge in [-0.3, -0.25) is 0 Å². The third kappa shape index (κ3) is 2.73. The van der Waals surface area contributed by atoms with Crippen molar-refractivity contribution in [1.29, 1.82) is 0 Å². The van der Waals surface area contributed by atoms with Crippen LogP contribution >= 0.6 is 11.3 Å². The summed E-state index contributed by atoms with van der Waals surface area (Å²) in [5, 5.41) is 5.60. The van der Waals surface area contributed by atoms with E-state index < -0.39 is 0 Å². The molecule has 1 aliphatic rings. The molecule has 0 bridgehead atoms. The summed E-state index contributed by atoms with van der Waals surface area (Å²) in [6, 6.07) is 15.0. The summed E-state index contributed by atoms with van der Waals surface area (Å²) in [5.74, 6) is 0. The predicted molar refractivity (Wildman–Crippen MR) is 90.6 cm³/mol. The molecule has 4 heteroatoms. The predicted octanol–water partition coefficient (Wildman–Crippen LogP) is 3.87. The van der Waals surface area contributed by atoms with Crippen LogP contribution < -0.4 is 5.32 Å². The molecule has 1 fully saturated rings. The number of morpholine rings is 1. The summed E-state index contributed by atoms with van der Waals surface area (Å²) in [6.45, 7) is 2.65. The molecule has 1 aromatic carbocycles. The summed E-state index contributed by atoms with van der Waals surface area (Å²) in [4.78, 5) is 1.29. The van der Waals surface area contributed by atoms with Crippen LogP contribution in [-0.4, -0.2) is 24.3 Å². The Balaban J connectivity index is 1.55. The first-order valence-corrected chi connectivity index (χ1v) is 8.43. The number of ether oxygens (including phenoxy) is 1. The van der Waals surface area contributed by atoms with E-state index in [0.29, 0.717) is 0 Å². The molecule has 3 aromatic rings. The van der Waals surface area contributed by atoms with Crippen LogP contribution in [0.4, 0.5) is 0 Å². The van der Waals surface area contributed by atoms with Gasteiger partial charge in [0, 0.05) is 36.0 Å². The fraction of sp³-hybridized carbons (Fsp3) is 0.222. The third-order valence-electron chi connectivity index (χ3n) is 3.97. The molecule has 112 valence electrons. The molecular formula is C18H18N2OS. The molecule has 1 aliphatic heterocycles. The maximum Gasteiger partial charge on any atom is 0.0958 e. The minimum atomic E-state index is 0.192. The highest BCUT2D eigenvalue weighted by Crippen LogP contribution is 2.32. The highest BCUT2D eigenvalue weighted by molar-refractivity contribution is 7.13. The van der Waals surface area contributed by atoms with E-state index in [0.717, 1.165) is 19.7 Å². The van der Waals surface area contributed by atoms with Gasteiger partial charge in [0.25, 0.3) is 0 Å². The number of benzene rings is 1. The highest BCUT2D eigenvalue weighted by atomic mass is 32.1. The first-order chi connectivity index (χ1) is 10.9. The largest absolute Gasteiger partial charge is 0.371 e. The normalized spacial score (nSPS) is 18.5. The number of thiophene rings is 1. The highest BCUT2D eigenvalue weighted by Gasteiger charge is 2.17. The van der Waals surface area contributed by atoms with Gasteiger partial charge in [-0.05, 0) is 46.8 Å². The maximum absolute atomic E-state index is 5.82. The van der Waals surface area contributed by atoms with Crippen molar-refractivity contribution in [3.8, 4) is 16.1 Å². The van der Waals surface area contributed by atoms with Crippen LogP contribution in [0.3, 0.4) is 0 Å². The summed E-state index contributed by atoms with van der Waals surface area (Å²) < 4.78 is 7.94. The molecule has 0 amide bonds. The summed E-state index contributed by atoms with van der Waals surface area (Å²) in [7, 11) is 0. The molecule has 1 N–H and O–H groups in total. The van der Waals surface area contributed by atoms with Crippen molar-refractivity contribution in [2.75, 3.05) is 19.7 Å². The van der Waals surface area contributed by atoms with Crippen LogP contribution in [0.25, 0.3) is 16.1 Å². The van der Waals surface area contributed by atoms with E-state index in [9.17, 15) is 0 Å².